The molecule has 0 bridgehead atoms. The first kappa shape index (κ1) is 16.6. The molecular weight excluding hydrogens is 324 g/mol. The van der Waals surface area contributed by atoms with Gasteiger partial charge in [0, 0.05) is 36.0 Å². The molecule has 1 aliphatic heterocycles. The summed E-state index contributed by atoms with van der Waals surface area (Å²) in [6.45, 7) is 2.47. The highest BCUT2D eigenvalue weighted by atomic mass is 32.1. The van der Waals surface area contributed by atoms with E-state index < -0.39 is 0 Å². The molecule has 1 aliphatic rings. The fourth-order valence-corrected chi connectivity index (χ4v) is 3.45. The number of carbonyl (C=O) groups excluding carboxylic acids is 2. The van der Waals surface area contributed by atoms with Crippen LogP contribution in [0.25, 0.3) is 11.3 Å². The van der Waals surface area contributed by atoms with E-state index in [1.807, 2.05) is 29.6 Å². The van der Waals surface area contributed by atoms with Crippen molar-refractivity contribution in [3.63, 3.8) is 0 Å². The van der Waals surface area contributed by atoms with Gasteiger partial charge in [-0.3, -0.25) is 9.59 Å². The van der Waals surface area contributed by atoms with E-state index in [9.17, 15) is 9.59 Å². The molecule has 3 N–H and O–H groups in total. The summed E-state index contributed by atoms with van der Waals surface area (Å²) >= 11 is 1.41. The normalized spacial score (nSPS) is 16.8. The predicted octanol–water partition coefficient (Wildman–Crippen LogP) is 2.85. The minimum Gasteiger partial charge on any atom is -0.326 e. The third-order valence-corrected chi connectivity index (χ3v) is 4.60. The Morgan fingerprint density at radius 3 is 2.75 bits per heavy atom. The van der Waals surface area contributed by atoms with Crippen molar-refractivity contribution in [1.29, 1.82) is 0 Å². The number of nitrogens with zero attached hydrogens (tertiary/aromatic N) is 1. The predicted molar refractivity (Wildman–Crippen MR) is 96.1 cm³/mol. The molecule has 1 aromatic carbocycles. The molecule has 6 nitrogen and oxygen atoms in total. The summed E-state index contributed by atoms with van der Waals surface area (Å²) in [7, 11) is 0. The summed E-state index contributed by atoms with van der Waals surface area (Å²) < 4.78 is 0. The number of benzene rings is 1. The van der Waals surface area contributed by atoms with Gasteiger partial charge in [0.05, 0.1) is 5.69 Å². The fourth-order valence-electron chi connectivity index (χ4n) is 2.72. The van der Waals surface area contributed by atoms with Gasteiger partial charge in [-0.05, 0) is 31.5 Å². The Hall–Kier alpha value is -2.25. The number of anilines is 2. The van der Waals surface area contributed by atoms with Crippen LogP contribution in [0, 0.1) is 0 Å². The zero-order chi connectivity index (χ0) is 16.9. The second kappa shape index (κ2) is 7.55. The van der Waals surface area contributed by atoms with Crippen LogP contribution in [0.5, 0.6) is 0 Å². The number of amides is 2. The number of nitrogens with one attached hydrogen (secondary N) is 3. The van der Waals surface area contributed by atoms with E-state index in [1.165, 1.54) is 18.3 Å². The van der Waals surface area contributed by atoms with Crippen LogP contribution in [0.3, 0.4) is 0 Å². The van der Waals surface area contributed by atoms with Crippen LogP contribution in [-0.2, 0) is 9.59 Å². The van der Waals surface area contributed by atoms with Crippen LogP contribution in [0.1, 0.15) is 26.2 Å². The Morgan fingerprint density at radius 2 is 2.08 bits per heavy atom. The third kappa shape index (κ3) is 4.39. The largest absolute Gasteiger partial charge is 0.326 e. The van der Waals surface area contributed by atoms with Crippen LogP contribution < -0.4 is 16.0 Å². The summed E-state index contributed by atoms with van der Waals surface area (Å²) in [5.41, 5.74) is 2.50. The van der Waals surface area contributed by atoms with Gasteiger partial charge in [0.25, 0.3) is 0 Å². The van der Waals surface area contributed by atoms with E-state index in [1.54, 1.807) is 0 Å². The molecule has 24 heavy (non-hydrogen) atoms. The van der Waals surface area contributed by atoms with Gasteiger partial charge < -0.3 is 16.0 Å². The zero-order valence-electron chi connectivity index (χ0n) is 13.5. The number of thiazole rings is 1. The van der Waals surface area contributed by atoms with Crippen LogP contribution >= 0.6 is 11.3 Å². The summed E-state index contributed by atoms with van der Waals surface area (Å²) in [6.07, 6.45) is 2.67. The van der Waals surface area contributed by atoms with Crippen molar-refractivity contribution in [2.75, 3.05) is 17.2 Å². The molecule has 1 saturated heterocycles. The maximum atomic E-state index is 12.0. The number of hydrogen-bond acceptors (Lipinski definition) is 5. The number of rotatable bonds is 5. The van der Waals surface area contributed by atoms with Crippen LogP contribution in [0.15, 0.2) is 29.6 Å². The maximum absolute atomic E-state index is 12.0. The lowest BCUT2D eigenvalue weighted by Crippen LogP contribution is -2.27. The molecular formula is C17H20N4O2S. The van der Waals surface area contributed by atoms with Crippen molar-refractivity contribution >= 4 is 34.0 Å². The molecule has 0 spiro atoms. The van der Waals surface area contributed by atoms with E-state index in [-0.39, 0.29) is 17.9 Å². The highest BCUT2D eigenvalue weighted by molar-refractivity contribution is 7.14. The zero-order valence-corrected chi connectivity index (χ0v) is 14.3. The van der Waals surface area contributed by atoms with Gasteiger partial charge in [-0.1, -0.05) is 12.1 Å². The van der Waals surface area contributed by atoms with Crippen molar-refractivity contribution in [3.8, 4) is 11.3 Å². The van der Waals surface area contributed by atoms with E-state index >= 15 is 0 Å². The molecule has 0 radical (unpaired) electrons. The third-order valence-electron chi connectivity index (χ3n) is 3.85. The van der Waals surface area contributed by atoms with Crippen LogP contribution in [0.4, 0.5) is 10.8 Å². The van der Waals surface area contributed by atoms with E-state index in [0.717, 1.165) is 36.3 Å². The molecule has 7 heteroatoms. The molecule has 2 amide bonds. The van der Waals surface area contributed by atoms with Crippen molar-refractivity contribution in [1.82, 2.24) is 10.3 Å². The smallest absolute Gasteiger partial charge is 0.227 e. The van der Waals surface area contributed by atoms with Crippen LogP contribution in [0.2, 0.25) is 0 Å². The molecule has 126 valence electrons. The lowest BCUT2D eigenvalue weighted by molar-refractivity contribution is -0.116. The SMILES string of the molecule is CC(=O)Nc1ccc(-c2csc(NC(=O)CC3CCCN3)n2)cc1. The van der Waals surface area contributed by atoms with Gasteiger partial charge >= 0.3 is 0 Å². The molecule has 1 atom stereocenters. The monoisotopic (exact) mass is 344 g/mol. The Bertz CT molecular complexity index is 720. The number of hydrogen-bond donors (Lipinski definition) is 3. The average molecular weight is 344 g/mol. The summed E-state index contributed by atoms with van der Waals surface area (Å²) in [6, 6.07) is 7.74. The quantitative estimate of drug-likeness (QED) is 0.779. The molecule has 0 aliphatic carbocycles. The van der Waals surface area contributed by atoms with E-state index in [0.29, 0.717) is 11.6 Å². The highest BCUT2D eigenvalue weighted by Gasteiger charge is 2.18. The molecule has 1 fully saturated rings. The van der Waals surface area contributed by atoms with E-state index in [4.69, 9.17) is 0 Å². The Kier molecular flexibility index (Phi) is 5.22. The topological polar surface area (TPSA) is 83.1 Å². The number of aromatic nitrogens is 1. The number of carbonyl (C=O) groups is 2. The summed E-state index contributed by atoms with van der Waals surface area (Å²) in [4.78, 5) is 27.5. The Labute approximate surface area is 144 Å². The first-order valence-corrected chi connectivity index (χ1v) is 8.85. The Morgan fingerprint density at radius 1 is 1.29 bits per heavy atom. The average Bonchev–Trinajstić information content (AvgIpc) is 3.19. The molecule has 2 aromatic rings. The van der Waals surface area contributed by atoms with Crippen LogP contribution in [-0.4, -0.2) is 29.4 Å². The highest BCUT2D eigenvalue weighted by Crippen LogP contribution is 2.26. The minimum absolute atomic E-state index is 0.00342. The van der Waals surface area contributed by atoms with Gasteiger partial charge in [0.2, 0.25) is 11.8 Å². The van der Waals surface area contributed by atoms with Gasteiger partial charge in [0.1, 0.15) is 0 Å². The van der Waals surface area contributed by atoms with Crippen molar-refractivity contribution in [2.24, 2.45) is 0 Å². The van der Waals surface area contributed by atoms with Gasteiger partial charge in [-0.2, -0.15) is 0 Å². The first-order chi connectivity index (χ1) is 11.6. The second-order valence-electron chi connectivity index (χ2n) is 5.84. The summed E-state index contributed by atoms with van der Waals surface area (Å²) in [5.74, 6) is -0.102. The lowest BCUT2D eigenvalue weighted by atomic mass is 10.1. The molecule has 0 saturated carbocycles. The molecule has 1 unspecified atom stereocenters. The maximum Gasteiger partial charge on any atom is 0.227 e. The van der Waals surface area contributed by atoms with Gasteiger partial charge in [0.15, 0.2) is 5.13 Å². The minimum atomic E-state index is -0.0989. The first-order valence-electron chi connectivity index (χ1n) is 7.97. The molecule has 2 heterocycles. The van der Waals surface area contributed by atoms with Crippen molar-refractivity contribution in [3.05, 3.63) is 29.6 Å². The lowest BCUT2D eigenvalue weighted by Gasteiger charge is -2.08. The van der Waals surface area contributed by atoms with Gasteiger partial charge in [-0.15, -0.1) is 11.3 Å². The van der Waals surface area contributed by atoms with Crippen molar-refractivity contribution in [2.45, 2.75) is 32.2 Å². The standard InChI is InChI=1S/C17H20N4O2S/c1-11(22)19-13-6-4-12(5-7-13)15-10-24-17(20-15)21-16(23)9-14-3-2-8-18-14/h4-7,10,14,18H,2-3,8-9H2,1H3,(H,19,22)(H,20,21,23). The van der Waals surface area contributed by atoms with E-state index in [2.05, 4.69) is 20.9 Å². The second-order valence-corrected chi connectivity index (χ2v) is 6.70. The Balaban J connectivity index is 1.60. The fraction of sp³-hybridized carbons (Fsp3) is 0.353. The summed E-state index contributed by atoms with van der Waals surface area (Å²) in [5, 5.41) is 11.4. The van der Waals surface area contributed by atoms with Gasteiger partial charge in [-0.25, -0.2) is 4.98 Å². The molecule has 3 rings (SSSR count). The van der Waals surface area contributed by atoms with Crippen molar-refractivity contribution < 1.29 is 9.59 Å². The molecule has 1 aromatic heterocycles.